The van der Waals surface area contributed by atoms with Gasteiger partial charge in [-0.15, -0.1) is 0 Å². The summed E-state index contributed by atoms with van der Waals surface area (Å²) in [7, 11) is 1.78. The zero-order chi connectivity index (χ0) is 15.6. The predicted molar refractivity (Wildman–Crippen MR) is 90.5 cm³/mol. The summed E-state index contributed by atoms with van der Waals surface area (Å²) in [5, 5.41) is 0.582. The highest BCUT2D eigenvalue weighted by Gasteiger charge is 2.19. The SMILES string of the molecule is CC(c1cccc(N)c1)N(C)C(=O)c1ccc(Cl)c(Br)c1. The van der Waals surface area contributed by atoms with E-state index in [1.165, 1.54) is 0 Å². The van der Waals surface area contributed by atoms with E-state index >= 15 is 0 Å². The average Bonchev–Trinajstić information content (AvgIpc) is 2.47. The molecule has 1 unspecified atom stereocenters. The van der Waals surface area contributed by atoms with E-state index in [-0.39, 0.29) is 11.9 Å². The van der Waals surface area contributed by atoms with Crippen molar-refractivity contribution in [1.82, 2.24) is 4.90 Å². The molecule has 3 nitrogen and oxygen atoms in total. The summed E-state index contributed by atoms with van der Waals surface area (Å²) >= 11 is 9.29. The molecule has 2 aromatic carbocycles. The van der Waals surface area contributed by atoms with Gasteiger partial charge in [-0.1, -0.05) is 23.7 Å². The van der Waals surface area contributed by atoms with Crippen LogP contribution in [0.2, 0.25) is 5.02 Å². The lowest BCUT2D eigenvalue weighted by atomic mass is 10.1. The molecule has 0 bridgehead atoms. The molecule has 1 atom stereocenters. The van der Waals surface area contributed by atoms with Crippen LogP contribution in [0.4, 0.5) is 5.69 Å². The Morgan fingerprint density at radius 2 is 2.00 bits per heavy atom. The highest BCUT2D eigenvalue weighted by molar-refractivity contribution is 9.10. The number of rotatable bonds is 3. The van der Waals surface area contributed by atoms with E-state index in [0.29, 0.717) is 20.7 Å². The standard InChI is InChI=1S/C16H16BrClN2O/c1-10(11-4-3-5-13(19)8-11)20(2)16(21)12-6-7-15(18)14(17)9-12/h3-10H,19H2,1-2H3. The molecule has 0 aliphatic rings. The Morgan fingerprint density at radius 1 is 1.29 bits per heavy atom. The molecule has 1 amide bonds. The summed E-state index contributed by atoms with van der Waals surface area (Å²) in [6.07, 6.45) is 0. The normalized spacial score (nSPS) is 12.0. The number of carbonyl (C=O) groups excluding carboxylic acids is 1. The monoisotopic (exact) mass is 366 g/mol. The molecule has 0 heterocycles. The van der Waals surface area contributed by atoms with E-state index in [1.807, 2.05) is 31.2 Å². The maximum atomic E-state index is 12.5. The fourth-order valence-electron chi connectivity index (χ4n) is 2.05. The van der Waals surface area contributed by atoms with Crippen LogP contribution in [-0.2, 0) is 0 Å². The maximum Gasteiger partial charge on any atom is 0.254 e. The Kier molecular flexibility index (Phi) is 4.91. The van der Waals surface area contributed by atoms with Crippen LogP contribution in [0.1, 0.15) is 28.9 Å². The molecular weight excluding hydrogens is 352 g/mol. The molecule has 110 valence electrons. The summed E-state index contributed by atoms with van der Waals surface area (Å²) in [4.78, 5) is 14.2. The van der Waals surface area contributed by atoms with Crippen molar-refractivity contribution in [2.45, 2.75) is 13.0 Å². The highest BCUT2D eigenvalue weighted by Crippen LogP contribution is 2.26. The topological polar surface area (TPSA) is 46.3 Å². The first-order valence-electron chi connectivity index (χ1n) is 6.48. The van der Waals surface area contributed by atoms with Crippen molar-refractivity contribution in [2.75, 3.05) is 12.8 Å². The van der Waals surface area contributed by atoms with Gasteiger partial charge in [-0.2, -0.15) is 0 Å². The molecule has 21 heavy (non-hydrogen) atoms. The Bertz CT molecular complexity index is 675. The number of nitrogen functional groups attached to an aromatic ring is 1. The van der Waals surface area contributed by atoms with Gasteiger partial charge in [0.05, 0.1) is 11.1 Å². The lowest BCUT2D eigenvalue weighted by molar-refractivity contribution is 0.0742. The molecule has 0 aliphatic carbocycles. The van der Waals surface area contributed by atoms with Crippen LogP contribution in [0.5, 0.6) is 0 Å². The smallest absolute Gasteiger partial charge is 0.254 e. The van der Waals surface area contributed by atoms with Crippen molar-refractivity contribution in [2.24, 2.45) is 0 Å². The van der Waals surface area contributed by atoms with Gasteiger partial charge in [0.2, 0.25) is 0 Å². The molecule has 0 aromatic heterocycles. The molecule has 0 saturated heterocycles. The van der Waals surface area contributed by atoms with Gasteiger partial charge < -0.3 is 10.6 Å². The largest absolute Gasteiger partial charge is 0.399 e. The maximum absolute atomic E-state index is 12.5. The molecule has 0 spiro atoms. The van der Waals surface area contributed by atoms with Crippen LogP contribution in [0.15, 0.2) is 46.9 Å². The number of amides is 1. The Balaban J connectivity index is 2.24. The second kappa shape index (κ2) is 6.50. The van der Waals surface area contributed by atoms with Crippen molar-refractivity contribution in [3.63, 3.8) is 0 Å². The van der Waals surface area contributed by atoms with Crippen molar-refractivity contribution in [1.29, 1.82) is 0 Å². The predicted octanol–water partition coefficient (Wildman–Crippen LogP) is 4.52. The van der Waals surface area contributed by atoms with Gasteiger partial charge in [0.1, 0.15) is 0 Å². The summed E-state index contributed by atoms with van der Waals surface area (Å²) < 4.78 is 0.708. The van der Waals surface area contributed by atoms with Gasteiger partial charge in [-0.3, -0.25) is 4.79 Å². The lowest BCUT2D eigenvalue weighted by Crippen LogP contribution is -2.29. The number of nitrogens with zero attached hydrogens (tertiary/aromatic N) is 1. The Morgan fingerprint density at radius 3 is 2.62 bits per heavy atom. The molecule has 2 aromatic rings. The Labute approximate surface area is 137 Å². The summed E-state index contributed by atoms with van der Waals surface area (Å²) in [5.41, 5.74) is 8.07. The quantitative estimate of drug-likeness (QED) is 0.811. The number of halogens is 2. The minimum atomic E-state index is -0.0737. The highest BCUT2D eigenvalue weighted by atomic mass is 79.9. The van der Waals surface area contributed by atoms with Crippen LogP contribution in [-0.4, -0.2) is 17.9 Å². The van der Waals surface area contributed by atoms with Gasteiger partial charge in [0.25, 0.3) is 5.91 Å². The van der Waals surface area contributed by atoms with Crippen LogP contribution in [0, 0.1) is 0 Å². The molecule has 2 N–H and O–H groups in total. The van der Waals surface area contributed by atoms with Crippen molar-refractivity contribution >= 4 is 39.1 Å². The first-order chi connectivity index (χ1) is 9.90. The third-order valence-corrected chi connectivity index (χ3v) is 4.67. The van der Waals surface area contributed by atoms with Crippen molar-refractivity contribution < 1.29 is 4.79 Å². The van der Waals surface area contributed by atoms with Crippen LogP contribution < -0.4 is 5.73 Å². The van der Waals surface area contributed by atoms with Crippen molar-refractivity contribution in [3.8, 4) is 0 Å². The van der Waals surface area contributed by atoms with Crippen LogP contribution in [0.25, 0.3) is 0 Å². The summed E-state index contributed by atoms with van der Waals surface area (Å²) in [6, 6.07) is 12.6. The molecule has 5 heteroatoms. The zero-order valence-corrected chi connectivity index (χ0v) is 14.1. The number of carbonyl (C=O) groups is 1. The lowest BCUT2D eigenvalue weighted by Gasteiger charge is -2.25. The van der Waals surface area contributed by atoms with E-state index in [0.717, 1.165) is 5.56 Å². The molecule has 0 fully saturated rings. The van der Waals surface area contributed by atoms with Gasteiger partial charge in [0, 0.05) is 22.8 Å². The molecule has 0 aliphatic heterocycles. The fraction of sp³-hybridized carbons (Fsp3) is 0.188. The Hall–Kier alpha value is -1.52. The van der Waals surface area contributed by atoms with E-state index in [4.69, 9.17) is 17.3 Å². The second-order valence-corrected chi connectivity index (χ2v) is 6.15. The zero-order valence-electron chi connectivity index (χ0n) is 11.8. The average molecular weight is 368 g/mol. The molecule has 0 saturated carbocycles. The minimum absolute atomic E-state index is 0.0673. The number of benzene rings is 2. The van der Waals surface area contributed by atoms with E-state index in [1.54, 1.807) is 30.1 Å². The fourth-order valence-corrected chi connectivity index (χ4v) is 2.55. The second-order valence-electron chi connectivity index (χ2n) is 4.89. The summed E-state index contributed by atoms with van der Waals surface area (Å²) in [5.74, 6) is -0.0673. The van der Waals surface area contributed by atoms with Gasteiger partial charge in [0.15, 0.2) is 0 Å². The van der Waals surface area contributed by atoms with E-state index in [9.17, 15) is 4.79 Å². The summed E-state index contributed by atoms with van der Waals surface area (Å²) in [6.45, 7) is 1.97. The third-order valence-electron chi connectivity index (χ3n) is 3.46. The number of hydrogen-bond donors (Lipinski definition) is 1. The third kappa shape index (κ3) is 3.57. The van der Waals surface area contributed by atoms with Gasteiger partial charge in [-0.25, -0.2) is 0 Å². The van der Waals surface area contributed by atoms with Crippen LogP contribution in [0.3, 0.4) is 0 Å². The number of anilines is 1. The number of hydrogen-bond acceptors (Lipinski definition) is 2. The number of nitrogens with two attached hydrogens (primary N) is 1. The minimum Gasteiger partial charge on any atom is -0.399 e. The van der Waals surface area contributed by atoms with Crippen LogP contribution >= 0.6 is 27.5 Å². The molecule has 0 radical (unpaired) electrons. The first-order valence-corrected chi connectivity index (χ1v) is 7.65. The molecular formula is C16H16BrClN2O. The molecule has 2 rings (SSSR count). The van der Waals surface area contributed by atoms with E-state index < -0.39 is 0 Å². The first kappa shape index (κ1) is 15.9. The van der Waals surface area contributed by atoms with Gasteiger partial charge >= 0.3 is 0 Å². The van der Waals surface area contributed by atoms with E-state index in [2.05, 4.69) is 15.9 Å². The van der Waals surface area contributed by atoms with Crippen molar-refractivity contribution in [3.05, 3.63) is 63.1 Å². The van der Waals surface area contributed by atoms with Gasteiger partial charge in [-0.05, 0) is 58.7 Å².